The van der Waals surface area contributed by atoms with E-state index in [2.05, 4.69) is 65.1 Å². The third-order valence-corrected chi connectivity index (χ3v) is 3.22. The van der Waals surface area contributed by atoms with E-state index in [9.17, 15) is 0 Å². The molecule has 1 N–H and O–H groups in total. The molecule has 2 nitrogen and oxygen atoms in total. The predicted octanol–water partition coefficient (Wildman–Crippen LogP) is 3.65. The van der Waals surface area contributed by atoms with E-state index in [1.807, 2.05) is 7.05 Å². The molecule has 0 bridgehead atoms. The molecule has 0 unspecified atom stereocenters. The molecule has 0 spiro atoms. The van der Waals surface area contributed by atoms with Gasteiger partial charge >= 0.3 is 0 Å². The van der Waals surface area contributed by atoms with Crippen molar-refractivity contribution < 1.29 is 0 Å². The van der Waals surface area contributed by atoms with Crippen LogP contribution in [-0.4, -0.2) is 20.1 Å². The summed E-state index contributed by atoms with van der Waals surface area (Å²) in [5.74, 6) is 0.677. The molecule has 0 saturated heterocycles. The Morgan fingerprint density at radius 1 is 1.35 bits per heavy atom. The predicted molar refractivity (Wildman–Crippen MR) is 79.6 cm³/mol. The Bertz CT molecular complexity index is 350. The molecular weight excluding hydrogens is 276 g/mol. The molecule has 0 heterocycles. The van der Waals surface area contributed by atoms with Crippen LogP contribution in [0.3, 0.4) is 0 Å². The van der Waals surface area contributed by atoms with Crippen molar-refractivity contribution >= 4 is 21.6 Å². The van der Waals surface area contributed by atoms with Crippen LogP contribution in [0.5, 0.6) is 0 Å². The normalized spacial score (nSPS) is 10.9. The molecule has 0 fully saturated rings. The lowest BCUT2D eigenvalue weighted by molar-refractivity contribution is 0.616. The Hall–Kier alpha value is -0.540. The van der Waals surface area contributed by atoms with Crippen molar-refractivity contribution in [3.8, 4) is 0 Å². The molecule has 1 rings (SSSR count). The average molecular weight is 299 g/mol. The Balaban J connectivity index is 3.02. The van der Waals surface area contributed by atoms with Gasteiger partial charge < -0.3 is 10.2 Å². The molecule has 0 radical (unpaired) electrons. The maximum atomic E-state index is 3.56. The smallest absolute Gasteiger partial charge is 0.0423 e. The van der Waals surface area contributed by atoms with E-state index >= 15 is 0 Å². The van der Waals surface area contributed by atoms with Crippen molar-refractivity contribution in [2.75, 3.05) is 25.0 Å². The minimum Gasteiger partial charge on any atom is -0.371 e. The summed E-state index contributed by atoms with van der Waals surface area (Å²) in [5.41, 5.74) is 2.70. The Morgan fingerprint density at radius 2 is 2.06 bits per heavy atom. The van der Waals surface area contributed by atoms with Crippen LogP contribution in [0.1, 0.15) is 26.3 Å². The fraction of sp³-hybridized carbons (Fsp3) is 0.571. The lowest BCUT2D eigenvalue weighted by Crippen LogP contribution is -2.28. The molecule has 0 amide bonds. The second kappa shape index (κ2) is 7.02. The lowest BCUT2D eigenvalue weighted by atomic mass is 10.1. The van der Waals surface area contributed by atoms with Gasteiger partial charge in [-0.1, -0.05) is 35.8 Å². The highest BCUT2D eigenvalue weighted by atomic mass is 79.9. The monoisotopic (exact) mass is 298 g/mol. The fourth-order valence-corrected chi connectivity index (χ4v) is 2.36. The van der Waals surface area contributed by atoms with E-state index in [4.69, 9.17) is 0 Å². The molecule has 0 saturated carbocycles. The van der Waals surface area contributed by atoms with Crippen LogP contribution in [0.15, 0.2) is 22.7 Å². The third-order valence-electron chi connectivity index (χ3n) is 2.72. The van der Waals surface area contributed by atoms with Gasteiger partial charge in [0.05, 0.1) is 0 Å². The standard InChI is InChI=1S/C14H23BrN2/c1-5-17(10-11(2)3)14-8-13(15)7-6-12(14)9-16-4/h6-8,11,16H,5,9-10H2,1-4H3. The lowest BCUT2D eigenvalue weighted by Gasteiger charge is -2.27. The number of nitrogens with zero attached hydrogens (tertiary/aromatic N) is 1. The SMILES string of the molecule is CCN(CC(C)C)c1cc(Br)ccc1CNC. The number of hydrogen-bond acceptors (Lipinski definition) is 2. The van der Waals surface area contributed by atoms with E-state index < -0.39 is 0 Å². The van der Waals surface area contributed by atoms with Gasteiger partial charge in [0, 0.05) is 29.8 Å². The van der Waals surface area contributed by atoms with E-state index in [1.165, 1.54) is 11.3 Å². The highest BCUT2D eigenvalue weighted by molar-refractivity contribution is 9.10. The Morgan fingerprint density at radius 3 is 2.59 bits per heavy atom. The zero-order valence-corrected chi connectivity index (χ0v) is 12.8. The van der Waals surface area contributed by atoms with Crippen LogP contribution < -0.4 is 10.2 Å². The van der Waals surface area contributed by atoms with E-state index in [0.29, 0.717) is 5.92 Å². The average Bonchev–Trinajstić information content (AvgIpc) is 2.28. The minimum absolute atomic E-state index is 0.677. The van der Waals surface area contributed by atoms with Crippen molar-refractivity contribution in [3.63, 3.8) is 0 Å². The number of halogens is 1. The first-order valence-electron chi connectivity index (χ1n) is 6.26. The number of hydrogen-bond donors (Lipinski definition) is 1. The summed E-state index contributed by atoms with van der Waals surface area (Å²) >= 11 is 3.56. The molecule has 0 aliphatic carbocycles. The van der Waals surface area contributed by atoms with Gasteiger partial charge in [0.15, 0.2) is 0 Å². The van der Waals surface area contributed by atoms with Gasteiger partial charge in [0.1, 0.15) is 0 Å². The summed E-state index contributed by atoms with van der Waals surface area (Å²) in [7, 11) is 1.99. The molecule has 1 aromatic rings. The number of rotatable bonds is 6. The molecule has 0 aliphatic heterocycles. The first-order chi connectivity index (χ1) is 8.08. The van der Waals surface area contributed by atoms with Crippen LogP contribution in [0.4, 0.5) is 5.69 Å². The summed E-state index contributed by atoms with van der Waals surface area (Å²) in [6.07, 6.45) is 0. The van der Waals surface area contributed by atoms with Crippen LogP contribution >= 0.6 is 15.9 Å². The molecule has 0 aromatic heterocycles. The second-order valence-corrected chi connectivity index (χ2v) is 5.65. The summed E-state index contributed by atoms with van der Waals surface area (Å²) in [4.78, 5) is 2.45. The maximum absolute atomic E-state index is 3.56. The first kappa shape index (κ1) is 14.5. The topological polar surface area (TPSA) is 15.3 Å². The van der Waals surface area contributed by atoms with Gasteiger partial charge in [-0.3, -0.25) is 0 Å². The van der Waals surface area contributed by atoms with Crippen molar-refractivity contribution in [1.29, 1.82) is 0 Å². The Kier molecular flexibility index (Phi) is 6.00. The number of benzene rings is 1. The van der Waals surface area contributed by atoms with Crippen LogP contribution in [-0.2, 0) is 6.54 Å². The van der Waals surface area contributed by atoms with Crippen molar-refractivity contribution in [2.24, 2.45) is 5.92 Å². The number of anilines is 1. The summed E-state index contributed by atoms with van der Waals surface area (Å²) in [6.45, 7) is 9.80. The molecule has 3 heteroatoms. The molecular formula is C14H23BrN2. The number of nitrogens with one attached hydrogen (secondary N) is 1. The summed E-state index contributed by atoms with van der Waals surface area (Å²) in [5, 5.41) is 3.23. The van der Waals surface area contributed by atoms with Crippen LogP contribution in [0.25, 0.3) is 0 Å². The van der Waals surface area contributed by atoms with Gasteiger partial charge in [0.25, 0.3) is 0 Å². The highest BCUT2D eigenvalue weighted by Crippen LogP contribution is 2.26. The van der Waals surface area contributed by atoms with Crippen molar-refractivity contribution in [3.05, 3.63) is 28.2 Å². The van der Waals surface area contributed by atoms with E-state index in [-0.39, 0.29) is 0 Å². The van der Waals surface area contributed by atoms with Gasteiger partial charge in [-0.05, 0) is 37.6 Å². The molecule has 1 aromatic carbocycles. The van der Waals surface area contributed by atoms with Gasteiger partial charge in [0.2, 0.25) is 0 Å². The van der Waals surface area contributed by atoms with E-state index in [0.717, 1.165) is 24.1 Å². The summed E-state index contributed by atoms with van der Waals surface area (Å²) in [6, 6.07) is 6.52. The second-order valence-electron chi connectivity index (χ2n) is 4.74. The molecule has 96 valence electrons. The van der Waals surface area contributed by atoms with Gasteiger partial charge in [-0.15, -0.1) is 0 Å². The highest BCUT2D eigenvalue weighted by Gasteiger charge is 2.11. The van der Waals surface area contributed by atoms with Gasteiger partial charge in [-0.2, -0.15) is 0 Å². The third kappa shape index (κ3) is 4.32. The Labute approximate surface area is 114 Å². The van der Waals surface area contributed by atoms with Crippen molar-refractivity contribution in [1.82, 2.24) is 5.32 Å². The van der Waals surface area contributed by atoms with Crippen LogP contribution in [0, 0.1) is 5.92 Å². The molecule has 0 atom stereocenters. The molecule has 17 heavy (non-hydrogen) atoms. The van der Waals surface area contributed by atoms with Gasteiger partial charge in [-0.25, -0.2) is 0 Å². The zero-order chi connectivity index (χ0) is 12.8. The maximum Gasteiger partial charge on any atom is 0.0423 e. The summed E-state index contributed by atoms with van der Waals surface area (Å²) < 4.78 is 1.15. The fourth-order valence-electron chi connectivity index (χ4n) is 2.01. The quantitative estimate of drug-likeness (QED) is 0.862. The first-order valence-corrected chi connectivity index (χ1v) is 7.05. The zero-order valence-electron chi connectivity index (χ0n) is 11.3. The molecule has 0 aliphatic rings. The van der Waals surface area contributed by atoms with E-state index in [1.54, 1.807) is 0 Å². The van der Waals surface area contributed by atoms with Crippen LogP contribution in [0.2, 0.25) is 0 Å². The van der Waals surface area contributed by atoms with Crippen molar-refractivity contribution in [2.45, 2.75) is 27.3 Å². The minimum atomic E-state index is 0.677. The largest absolute Gasteiger partial charge is 0.371 e.